The molecule has 1 amide bonds. The molecule has 3 rings (SSSR count). The molecule has 0 bridgehead atoms. The van der Waals surface area contributed by atoms with Crippen LogP contribution in [0.5, 0.6) is 0 Å². The highest BCUT2D eigenvalue weighted by Gasteiger charge is 2.07. The van der Waals surface area contributed by atoms with Crippen LogP contribution >= 0.6 is 0 Å². The summed E-state index contributed by atoms with van der Waals surface area (Å²) in [5.74, 6) is -0.173. The van der Waals surface area contributed by atoms with Crippen LogP contribution in [0.3, 0.4) is 0 Å². The third-order valence-corrected chi connectivity index (χ3v) is 3.53. The molecule has 25 heavy (non-hydrogen) atoms. The van der Waals surface area contributed by atoms with Crippen LogP contribution in [0, 0.1) is 5.82 Å². The number of amides is 1. The van der Waals surface area contributed by atoms with E-state index in [4.69, 9.17) is 0 Å². The van der Waals surface area contributed by atoms with Crippen LogP contribution in [-0.4, -0.2) is 32.0 Å². The van der Waals surface area contributed by atoms with E-state index in [1.807, 2.05) is 0 Å². The second-order valence-electron chi connectivity index (χ2n) is 5.36. The largest absolute Gasteiger partial charge is 0.354 e. The zero-order chi connectivity index (χ0) is 17.6. The lowest BCUT2D eigenvalue weighted by Crippen LogP contribution is -2.34. The number of nitrogens with zero attached hydrogens (tertiary/aromatic N) is 4. The summed E-state index contributed by atoms with van der Waals surface area (Å²) in [5, 5.41) is 10.9. The van der Waals surface area contributed by atoms with Crippen LogP contribution in [0.15, 0.2) is 59.7 Å². The first-order valence-electron chi connectivity index (χ1n) is 7.71. The quantitative estimate of drug-likeness (QED) is 0.723. The van der Waals surface area contributed by atoms with E-state index in [0.717, 1.165) is 10.2 Å². The normalized spacial score (nSPS) is 10.6. The van der Waals surface area contributed by atoms with Gasteiger partial charge in [-0.25, -0.2) is 13.8 Å². The van der Waals surface area contributed by atoms with Crippen molar-refractivity contribution < 1.29 is 9.18 Å². The monoisotopic (exact) mass is 341 g/mol. The van der Waals surface area contributed by atoms with Crippen LogP contribution in [0.1, 0.15) is 5.56 Å². The molecule has 0 aliphatic rings. The molecule has 0 aliphatic carbocycles. The number of aromatic nitrogens is 4. The Kier molecular flexibility index (Phi) is 4.98. The van der Waals surface area contributed by atoms with Gasteiger partial charge in [-0.15, -0.1) is 5.10 Å². The Hall–Kier alpha value is -3.29. The molecule has 1 N–H and O–H groups in total. The molecule has 0 saturated heterocycles. The Bertz CT molecular complexity index is 904. The van der Waals surface area contributed by atoms with Crippen LogP contribution < -0.4 is 10.9 Å². The van der Waals surface area contributed by atoms with Crippen molar-refractivity contribution in [2.45, 2.75) is 13.0 Å². The van der Waals surface area contributed by atoms with Crippen molar-refractivity contribution >= 4 is 5.91 Å². The summed E-state index contributed by atoms with van der Waals surface area (Å²) in [6.07, 6.45) is 3.86. The highest BCUT2D eigenvalue weighted by atomic mass is 19.1. The molecule has 2 aromatic heterocycles. The third kappa shape index (κ3) is 4.37. The number of carbonyl (C=O) groups is 1. The number of benzene rings is 1. The molecule has 0 unspecified atom stereocenters. The van der Waals surface area contributed by atoms with Gasteiger partial charge in [-0.3, -0.25) is 9.59 Å². The molecule has 2 heterocycles. The highest BCUT2D eigenvalue weighted by Crippen LogP contribution is 2.02. The van der Waals surface area contributed by atoms with Gasteiger partial charge in [0.25, 0.3) is 5.56 Å². The van der Waals surface area contributed by atoms with Gasteiger partial charge >= 0.3 is 0 Å². The second-order valence-corrected chi connectivity index (χ2v) is 5.36. The molecule has 3 aromatic rings. The van der Waals surface area contributed by atoms with Gasteiger partial charge in [-0.05, 0) is 36.2 Å². The van der Waals surface area contributed by atoms with Gasteiger partial charge in [0.15, 0.2) is 5.82 Å². The number of hydrogen-bond acceptors (Lipinski definition) is 4. The van der Waals surface area contributed by atoms with Crippen LogP contribution in [-0.2, 0) is 17.8 Å². The van der Waals surface area contributed by atoms with Crippen molar-refractivity contribution in [2.24, 2.45) is 0 Å². The summed E-state index contributed by atoms with van der Waals surface area (Å²) < 4.78 is 15.4. The Morgan fingerprint density at radius 1 is 1.16 bits per heavy atom. The maximum Gasteiger partial charge on any atom is 0.267 e. The summed E-state index contributed by atoms with van der Waals surface area (Å²) in [4.78, 5) is 23.9. The average Bonchev–Trinajstić information content (AvgIpc) is 3.13. The van der Waals surface area contributed by atoms with Crippen molar-refractivity contribution in [3.05, 3.63) is 76.6 Å². The maximum absolute atomic E-state index is 12.8. The third-order valence-electron chi connectivity index (χ3n) is 3.53. The minimum Gasteiger partial charge on any atom is -0.354 e. The lowest BCUT2D eigenvalue weighted by Gasteiger charge is -2.08. The van der Waals surface area contributed by atoms with Crippen molar-refractivity contribution in [1.82, 2.24) is 24.9 Å². The minimum atomic E-state index is -0.371. The first kappa shape index (κ1) is 16.6. The molecule has 8 heteroatoms. The first-order valence-corrected chi connectivity index (χ1v) is 7.71. The van der Waals surface area contributed by atoms with E-state index in [0.29, 0.717) is 18.8 Å². The van der Waals surface area contributed by atoms with E-state index in [2.05, 4.69) is 15.5 Å². The molecule has 1 aromatic carbocycles. The number of halogens is 1. The lowest BCUT2D eigenvalue weighted by atomic mass is 10.1. The van der Waals surface area contributed by atoms with Crippen molar-refractivity contribution in [1.29, 1.82) is 0 Å². The fraction of sp³-hybridized carbons (Fsp3) is 0.176. The number of rotatable bonds is 6. The van der Waals surface area contributed by atoms with Gasteiger partial charge in [0, 0.05) is 25.0 Å². The SMILES string of the molecule is O=C(Cn1nc(-n2cccn2)ccc1=O)NCCc1ccc(F)cc1. The molecule has 0 fully saturated rings. The highest BCUT2D eigenvalue weighted by molar-refractivity contribution is 5.75. The second kappa shape index (κ2) is 7.52. The van der Waals surface area contributed by atoms with Gasteiger partial charge in [0.1, 0.15) is 12.4 Å². The summed E-state index contributed by atoms with van der Waals surface area (Å²) in [6.45, 7) is 0.204. The summed E-state index contributed by atoms with van der Waals surface area (Å²) in [6, 6.07) is 10.7. The van der Waals surface area contributed by atoms with Gasteiger partial charge in [0.2, 0.25) is 5.91 Å². The van der Waals surface area contributed by atoms with E-state index < -0.39 is 0 Å². The van der Waals surface area contributed by atoms with Crippen molar-refractivity contribution in [2.75, 3.05) is 6.54 Å². The molecular formula is C17H16FN5O2. The predicted molar refractivity (Wildman–Crippen MR) is 88.7 cm³/mol. The maximum atomic E-state index is 12.8. The van der Waals surface area contributed by atoms with E-state index in [1.54, 1.807) is 30.6 Å². The summed E-state index contributed by atoms with van der Waals surface area (Å²) in [7, 11) is 0. The Morgan fingerprint density at radius 2 is 1.96 bits per heavy atom. The lowest BCUT2D eigenvalue weighted by molar-refractivity contribution is -0.121. The summed E-state index contributed by atoms with van der Waals surface area (Å²) >= 11 is 0. The number of hydrogen-bond donors (Lipinski definition) is 1. The van der Waals surface area contributed by atoms with E-state index in [1.165, 1.54) is 28.9 Å². The number of nitrogens with one attached hydrogen (secondary N) is 1. The molecule has 0 spiro atoms. The first-order chi connectivity index (χ1) is 12.1. The molecular weight excluding hydrogens is 325 g/mol. The molecule has 128 valence electrons. The smallest absolute Gasteiger partial charge is 0.267 e. The Balaban J connectivity index is 1.58. The zero-order valence-electron chi connectivity index (χ0n) is 13.3. The molecule has 0 saturated carbocycles. The molecule has 0 atom stereocenters. The molecule has 7 nitrogen and oxygen atoms in total. The van der Waals surface area contributed by atoms with E-state index in [9.17, 15) is 14.0 Å². The number of carbonyl (C=O) groups excluding carboxylic acids is 1. The van der Waals surface area contributed by atoms with E-state index >= 15 is 0 Å². The van der Waals surface area contributed by atoms with Gasteiger partial charge in [0.05, 0.1) is 0 Å². The van der Waals surface area contributed by atoms with Gasteiger partial charge in [-0.2, -0.15) is 5.10 Å². The summed E-state index contributed by atoms with van der Waals surface area (Å²) in [5.41, 5.74) is 0.544. The fourth-order valence-electron chi connectivity index (χ4n) is 2.27. The van der Waals surface area contributed by atoms with Gasteiger partial charge < -0.3 is 5.32 Å². The Morgan fingerprint density at radius 3 is 2.68 bits per heavy atom. The van der Waals surface area contributed by atoms with Gasteiger partial charge in [-0.1, -0.05) is 12.1 Å². The van der Waals surface area contributed by atoms with Crippen molar-refractivity contribution in [3.63, 3.8) is 0 Å². The topological polar surface area (TPSA) is 81.8 Å². The fourth-order valence-corrected chi connectivity index (χ4v) is 2.27. The zero-order valence-corrected chi connectivity index (χ0v) is 13.3. The van der Waals surface area contributed by atoms with Crippen LogP contribution in [0.25, 0.3) is 5.82 Å². The minimum absolute atomic E-state index is 0.183. The van der Waals surface area contributed by atoms with E-state index in [-0.39, 0.29) is 23.8 Å². The Labute approximate surface area is 142 Å². The molecule has 0 radical (unpaired) electrons. The average molecular weight is 341 g/mol. The predicted octanol–water partition coefficient (Wildman–Crippen LogP) is 0.927. The standard InChI is InChI=1S/C17H16FN5O2/c18-14-4-2-13(3-5-14)8-10-19-16(24)12-23-17(25)7-6-15(21-23)22-11-1-9-20-22/h1-7,9,11H,8,10,12H2,(H,19,24). The molecule has 0 aliphatic heterocycles. The van der Waals surface area contributed by atoms with Crippen LogP contribution in [0.4, 0.5) is 4.39 Å². The van der Waals surface area contributed by atoms with Crippen LogP contribution in [0.2, 0.25) is 0 Å². The van der Waals surface area contributed by atoms with Crippen molar-refractivity contribution in [3.8, 4) is 5.82 Å².